The molecule has 7 heteroatoms. The number of rotatable bonds is 4. The average molecular weight is 404 g/mol. The summed E-state index contributed by atoms with van der Waals surface area (Å²) in [5.41, 5.74) is 5.63. The van der Waals surface area contributed by atoms with E-state index in [1.165, 1.54) is 12.8 Å². The smallest absolute Gasteiger partial charge is 0.133 e. The zero-order chi connectivity index (χ0) is 20.7. The molecule has 0 aliphatic carbocycles. The molecular weight excluding hydrogens is 379 g/mol. The Labute approximate surface area is 174 Å². The number of halogens is 1. The summed E-state index contributed by atoms with van der Waals surface area (Å²) in [6, 6.07) is 5.90. The van der Waals surface area contributed by atoms with Gasteiger partial charge in [0.15, 0.2) is 0 Å². The van der Waals surface area contributed by atoms with Gasteiger partial charge in [-0.25, -0.2) is 4.39 Å². The first-order valence-electron chi connectivity index (χ1n) is 10.5. The highest BCUT2D eigenvalue weighted by Gasteiger charge is 2.20. The van der Waals surface area contributed by atoms with Gasteiger partial charge in [-0.05, 0) is 56.5 Å². The minimum atomic E-state index is -0.229. The number of nitrogens with one attached hydrogen (secondary N) is 2. The van der Waals surface area contributed by atoms with Crippen LogP contribution in [0, 0.1) is 12.7 Å². The van der Waals surface area contributed by atoms with Crippen molar-refractivity contribution in [3.05, 3.63) is 53.7 Å². The van der Waals surface area contributed by atoms with Crippen LogP contribution in [0.25, 0.3) is 33.4 Å². The summed E-state index contributed by atoms with van der Waals surface area (Å²) >= 11 is 0. The van der Waals surface area contributed by atoms with Gasteiger partial charge >= 0.3 is 0 Å². The molecular formula is C23H25FN6. The highest BCUT2D eigenvalue weighted by Crippen LogP contribution is 2.34. The number of H-pyrrole nitrogens is 1. The number of aryl methyl sites for hydroxylation is 2. The number of piperidine rings is 1. The summed E-state index contributed by atoms with van der Waals surface area (Å²) in [5, 5.41) is 16.2. The van der Waals surface area contributed by atoms with Crippen LogP contribution in [0.2, 0.25) is 0 Å². The molecule has 1 saturated heterocycles. The van der Waals surface area contributed by atoms with Crippen molar-refractivity contribution < 1.29 is 4.39 Å². The molecule has 30 heavy (non-hydrogen) atoms. The largest absolute Gasteiger partial charge is 0.310 e. The van der Waals surface area contributed by atoms with Crippen molar-refractivity contribution >= 4 is 10.9 Å². The van der Waals surface area contributed by atoms with Crippen LogP contribution in [0.3, 0.4) is 0 Å². The van der Waals surface area contributed by atoms with E-state index < -0.39 is 0 Å². The van der Waals surface area contributed by atoms with E-state index in [1.54, 1.807) is 18.5 Å². The predicted molar refractivity (Wildman–Crippen MR) is 116 cm³/mol. The fourth-order valence-electron chi connectivity index (χ4n) is 4.36. The van der Waals surface area contributed by atoms with E-state index in [-0.39, 0.29) is 11.9 Å². The molecule has 0 radical (unpaired) electrons. The number of aromatic nitrogens is 5. The monoisotopic (exact) mass is 404 g/mol. The highest BCUT2D eigenvalue weighted by molar-refractivity contribution is 5.94. The van der Waals surface area contributed by atoms with Gasteiger partial charge in [0, 0.05) is 35.3 Å². The molecule has 3 aromatic heterocycles. The van der Waals surface area contributed by atoms with Crippen molar-refractivity contribution in [2.75, 3.05) is 6.54 Å². The molecule has 0 spiro atoms. The quantitative estimate of drug-likeness (QED) is 0.514. The van der Waals surface area contributed by atoms with Crippen LogP contribution < -0.4 is 5.32 Å². The van der Waals surface area contributed by atoms with E-state index in [1.807, 2.05) is 30.8 Å². The van der Waals surface area contributed by atoms with Gasteiger partial charge in [-0.3, -0.25) is 14.8 Å². The van der Waals surface area contributed by atoms with Crippen LogP contribution in [-0.2, 0) is 6.54 Å². The van der Waals surface area contributed by atoms with Gasteiger partial charge in [0.1, 0.15) is 11.5 Å². The summed E-state index contributed by atoms with van der Waals surface area (Å²) in [5.74, 6) is -0.229. The number of aromatic amines is 1. The summed E-state index contributed by atoms with van der Waals surface area (Å²) < 4.78 is 17.1. The lowest BCUT2D eigenvalue weighted by atomic mass is 9.93. The molecule has 4 aromatic rings. The lowest BCUT2D eigenvalue weighted by Gasteiger charge is -2.24. The maximum absolute atomic E-state index is 15.2. The third-order valence-electron chi connectivity index (χ3n) is 5.96. The first-order chi connectivity index (χ1) is 14.6. The van der Waals surface area contributed by atoms with E-state index in [0.29, 0.717) is 11.3 Å². The number of hydrogen-bond acceptors (Lipinski definition) is 4. The van der Waals surface area contributed by atoms with Gasteiger partial charge in [-0.2, -0.15) is 10.2 Å². The standard InChI is InChI=1S/C23H25FN6/c1-3-30-13-16(11-27-30)23-17-10-20(26-12-21(17)28-29-23)22-14(2)8-15(9-18(22)24)19-6-4-5-7-25-19/h8-13,19,25H,3-7H2,1-2H3,(H,28,29)/t19-/m0/s1. The molecule has 0 saturated carbocycles. The van der Waals surface area contributed by atoms with Crippen molar-refractivity contribution in [3.8, 4) is 22.5 Å². The van der Waals surface area contributed by atoms with Crippen LogP contribution in [0.1, 0.15) is 43.4 Å². The molecule has 4 heterocycles. The third kappa shape index (κ3) is 3.29. The van der Waals surface area contributed by atoms with Crippen LogP contribution in [0.15, 0.2) is 36.8 Å². The fourth-order valence-corrected chi connectivity index (χ4v) is 4.36. The topological polar surface area (TPSA) is 71.4 Å². The molecule has 1 aliphatic rings. The Bertz CT molecular complexity index is 1180. The van der Waals surface area contributed by atoms with Gasteiger partial charge in [0.25, 0.3) is 0 Å². The third-order valence-corrected chi connectivity index (χ3v) is 5.96. The van der Waals surface area contributed by atoms with Crippen LogP contribution in [0.4, 0.5) is 4.39 Å². The van der Waals surface area contributed by atoms with Crippen molar-refractivity contribution in [1.82, 2.24) is 30.3 Å². The van der Waals surface area contributed by atoms with E-state index >= 15 is 4.39 Å². The fraction of sp³-hybridized carbons (Fsp3) is 0.348. The van der Waals surface area contributed by atoms with E-state index in [0.717, 1.165) is 52.8 Å². The second kappa shape index (κ2) is 7.65. The summed E-state index contributed by atoms with van der Waals surface area (Å²) in [6.07, 6.45) is 8.90. The normalized spacial score (nSPS) is 17.0. The van der Waals surface area contributed by atoms with E-state index in [2.05, 4.69) is 31.7 Å². The lowest BCUT2D eigenvalue weighted by molar-refractivity contribution is 0.411. The van der Waals surface area contributed by atoms with Crippen molar-refractivity contribution in [3.63, 3.8) is 0 Å². The summed E-state index contributed by atoms with van der Waals surface area (Å²) in [7, 11) is 0. The number of pyridine rings is 1. The molecule has 1 aliphatic heterocycles. The zero-order valence-electron chi connectivity index (χ0n) is 17.2. The minimum absolute atomic E-state index is 0.229. The molecule has 0 amide bonds. The first kappa shape index (κ1) is 18.9. The molecule has 154 valence electrons. The summed E-state index contributed by atoms with van der Waals surface area (Å²) in [6.45, 7) is 5.78. The molecule has 6 nitrogen and oxygen atoms in total. The number of fused-ring (bicyclic) bond motifs is 1. The average Bonchev–Trinajstić information content (AvgIpc) is 3.40. The van der Waals surface area contributed by atoms with Gasteiger partial charge < -0.3 is 5.32 Å². The Morgan fingerprint density at radius 3 is 2.83 bits per heavy atom. The van der Waals surface area contributed by atoms with E-state index in [9.17, 15) is 0 Å². The minimum Gasteiger partial charge on any atom is -0.310 e. The molecule has 1 aromatic carbocycles. The van der Waals surface area contributed by atoms with Crippen LogP contribution in [0.5, 0.6) is 0 Å². The molecule has 0 bridgehead atoms. The molecule has 1 atom stereocenters. The molecule has 0 unspecified atom stereocenters. The molecule has 2 N–H and O–H groups in total. The number of nitrogens with zero attached hydrogens (tertiary/aromatic N) is 4. The molecule has 5 rings (SSSR count). The second-order valence-corrected chi connectivity index (χ2v) is 7.97. The summed E-state index contributed by atoms with van der Waals surface area (Å²) in [4.78, 5) is 4.52. The van der Waals surface area contributed by atoms with Crippen molar-refractivity contribution in [1.29, 1.82) is 0 Å². The van der Waals surface area contributed by atoms with Gasteiger partial charge in [-0.15, -0.1) is 0 Å². The Morgan fingerprint density at radius 1 is 1.20 bits per heavy atom. The Kier molecular flexibility index (Phi) is 4.83. The highest BCUT2D eigenvalue weighted by atomic mass is 19.1. The number of hydrogen-bond donors (Lipinski definition) is 2. The number of benzene rings is 1. The second-order valence-electron chi connectivity index (χ2n) is 7.97. The maximum Gasteiger partial charge on any atom is 0.133 e. The SMILES string of the molecule is CCn1cc(-c2n[nH]c3cnc(-c4c(C)cc([C@@H]5CCCCN5)cc4F)cc23)cn1. The van der Waals surface area contributed by atoms with E-state index in [4.69, 9.17) is 0 Å². The Hall–Kier alpha value is -3.06. The van der Waals surface area contributed by atoms with Crippen molar-refractivity contribution in [2.24, 2.45) is 0 Å². The predicted octanol–water partition coefficient (Wildman–Crippen LogP) is 4.77. The van der Waals surface area contributed by atoms with Gasteiger partial charge in [0.05, 0.1) is 23.6 Å². The maximum atomic E-state index is 15.2. The Morgan fingerprint density at radius 2 is 2.10 bits per heavy atom. The van der Waals surface area contributed by atoms with Crippen LogP contribution in [-0.4, -0.2) is 31.5 Å². The Balaban J connectivity index is 1.56. The van der Waals surface area contributed by atoms with Gasteiger partial charge in [0.2, 0.25) is 0 Å². The lowest BCUT2D eigenvalue weighted by Crippen LogP contribution is -2.26. The first-order valence-corrected chi connectivity index (χ1v) is 10.5. The van der Waals surface area contributed by atoms with Crippen molar-refractivity contribution in [2.45, 2.75) is 45.7 Å². The van der Waals surface area contributed by atoms with Crippen LogP contribution >= 0.6 is 0 Å². The molecule has 1 fully saturated rings. The zero-order valence-corrected chi connectivity index (χ0v) is 17.2. The van der Waals surface area contributed by atoms with Gasteiger partial charge in [-0.1, -0.05) is 12.5 Å².